The van der Waals surface area contributed by atoms with Crippen LogP contribution < -0.4 is 15.4 Å². The van der Waals surface area contributed by atoms with Crippen LogP contribution in [-0.2, 0) is 12.8 Å². The van der Waals surface area contributed by atoms with Crippen molar-refractivity contribution >= 4 is 11.7 Å². The standard InChI is InChI=1S/C26H33FN2O3/c1-3-12-26(13-4-2)16-23(21-14-18(27)9-11-24(21)32-26)29(25(28)31)22-7-5-6-17-8-10-19(30)15-20(17)22/h5-7,9,11,14,19,23,30H,3-4,8,10,12-13,15-16H2,1-2H3,(H2,28,31)/t19-,23-/m1/s1. The average molecular weight is 441 g/mol. The van der Waals surface area contributed by atoms with Gasteiger partial charge in [-0.25, -0.2) is 9.18 Å². The first-order chi connectivity index (χ1) is 15.4. The molecule has 172 valence electrons. The summed E-state index contributed by atoms with van der Waals surface area (Å²) in [6, 6.07) is 9.36. The molecule has 2 aliphatic rings. The molecule has 4 rings (SSSR count). The SMILES string of the molecule is CCCC1(CCC)C[C@@H](N(C(N)=O)c2cccc3c2C[C@H](O)CC3)c2cc(F)ccc2O1. The van der Waals surface area contributed by atoms with Crippen LogP contribution in [0.5, 0.6) is 5.75 Å². The van der Waals surface area contributed by atoms with E-state index in [-0.39, 0.29) is 5.82 Å². The lowest BCUT2D eigenvalue weighted by molar-refractivity contribution is 0.0175. The maximum Gasteiger partial charge on any atom is 0.319 e. The highest BCUT2D eigenvalue weighted by Crippen LogP contribution is 2.48. The third-order valence-electron chi connectivity index (χ3n) is 6.88. The van der Waals surface area contributed by atoms with Crippen molar-refractivity contribution in [1.82, 2.24) is 0 Å². The van der Waals surface area contributed by atoms with E-state index in [2.05, 4.69) is 13.8 Å². The Bertz CT molecular complexity index is 987. The Balaban J connectivity index is 1.87. The van der Waals surface area contributed by atoms with Crippen molar-refractivity contribution in [3.63, 3.8) is 0 Å². The van der Waals surface area contributed by atoms with E-state index >= 15 is 0 Å². The zero-order valence-electron chi connectivity index (χ0n) is 18.9. The first-order valence-corrected chi connectivity index (χ1v) is 11.7. The van der Waals surface area contributed by atoms with E-state index in [0.29, 0.717) is 36.3 Å². The molecular formula is C26H33FN2O3. The molecule has 5 nitrogen and oxygen atoms in total. The molecule has 3 N–H and O–H groups in total. The van der Waals surface area contributed by atoms with Crippen molar-refractivity contribution in [2.24, 2.45) is 5.73 Å². The zero-order chi connectivity index (χ0) is 22.9. The summed E-state index contributed by atoms with van der Waals surface area (Å²) in [6.45, 7) is 4.24. The maximum atomic E-state index is 14.3. The number of benzene rings is 2. The predicted molar refractivity (Wildman–Crippen MR) is 123 cm³/mol. The van der Waals surface area contributed by atoms with Gasteiger partial charge in [0, 0.05) is 24.1 Å². The minimum atomic E-state index is -0.581. The molecule has 0 saturated carbocycles. The number of aliphatic hydroxyl groups is 1. The topological polar surface area (TPSA) is 75.8 Å². The number of fused-ring (bicyclic) bond motifs is 2. The van der Waals surface area contributed by atoms with E-state index in [4.69, 9.17) is 10.5 Å². The van der Waals surface area contributed by atoms with E-state index in [1.54, 1.807) is 11.0 Å². The zero-order valence-corrected chi connectivity index (χ0v) is 18.9. The number of nitrogens with zero attached hydrogens (tertiary/aromatic N) is 1. The summed E-state index contributed by atoms with van der Waals surface area (Å²) >= 11 is 0. The lowest BCUT2D eigenvalue weighted by Crippen LogP contribution is -2.49. The van der Waals surface area contributed by atoms with E-state index in [1.165, 1.54) is 12.1 Å². The molecule has 2 aromatic rings. The molecule has 0 spiro atoms. The number of ether oxygens (including phenoxy) is 1. The second-order valence-electron chi connectivity index (χ2n) is 9.21. The van der Waals surface area contributed by atoms with Crippen LogP contribution in [-0.4, -0.2) is 22.8 Å². The summed E-state index contributed by atoms with van der Waals surface area (Å²) in [6.07, 6.45) is 5.58. The van der Waals surface area contributed by atoms with E-state index in [1.807, 2.05) is 18.2 Å². The number of amides is 2. The number of urea groups is 1. The van der Waals surface area contributed by atoms with Gasteiger partial charge in [-0.3, -0.25) is 4.90 Å². The third-order valence-corrected chi connectivity index (χ3v) is 6.88. The van der Waals surface area contributed by atoms with Gasteiger partial charge < -0.3 is 15.6 Å². The van der Waals surface area contributed by atoms with Crippen LogP contribution in [0, 0.1) is 5.82 Å². The van der Waals surface area contributed by atoms with Crippen LogP contribution in [0.25, 0.3) is 0 Å². The largest absolute Gasteiger partial charge is 0.487 e. The lowest BCUT2D eigenvalue weighted by Gasteiger charge is -2.46. The number of halogens is 1. The van der Waals surface area contributed by atoms with Gasteiger partial charge in [-0.2, -0.15) is 0 Å². The molecule has 0 unspecified atom stereocenters. The number of aliphatic hydroxyl groups excluding tert-OH is 1. The molecule has 0 radical (unpaired) electrons. The molecule has 1 aliphatic carbocycles. The summed E-state index contributed by atoms with van der Waals surface area (Å²) in [7, 11) is 0. The summed E-state index contributed by atoms with van der Waals surface area (Å²) in [4.78, 5) is 14.5. The Morgan fingerprint density at radius 3 is 2.69 bits per heavy atom. The number of anilines is 1. The van der Waals surface area contributed by atoms with Crippen LogP contribution in [0.4, 0.5) is 14.9 Å². The number of hydrogen-bond donors (Lipinski definition) is 2. The number of carbonyl (C=O) groups excluding carboxylic acids is 1. The van der Waals surface area contributed by atoms with Gasteiger partial charge in [-0.1, -0.05) is 38.8 Å². The van der Waals surface area contributed by atoms with Crippen LogP contribution in [0.2, 0.25) is 0 Å². The number of rotatable bonds is 6. The summed E-state index contributed by atoms with van der Waals surface area (Å²) < 4.78 is 20.8. The van der Waals surface area contributed by atoms with E-state index in [9.17, 15) is 14.3 Å². The molecule has 0 fully saturated rings. The second kappa shape index (κ2) is 9.10. The van der Waals surface area contributed by atoms with Crippen molar-refractivity contribution in [3.8, 4) is 5.75 Å². The Morgan fingerprint density at radius 1 is 1.25 bits per heavy atom. The Morgan fingerprint density at radius 2 is 2.00 bits per heavy atom. The van der Waals surface area contributed by atoms with E-state index < -0.39 is 23.8 Å². The number of hydrogen-bond acceptors (Lipinski definition) is 3. The van der Waals surface area contributed by atoms with Crippen molar-refractivity contribution in [2.75, 3.05) is 4.90 Å². The fraction of sp³-hybridized carbons (Fsp3) is 0.500. The Hall–Kier alpha value is -2.60. The van der Waals surface area contributed by atoms with Crippen molar-refractivity contribution in [1.29, 1.82) is 0 Å². The summed E-state index contributed by atoms with van der Waals surface area (Å²) in [5.74, 6) is 0.242. The van der Waals surface area contributed by atoms with Crippen LogP contribution in [0.1, 0.15) is 75.1 Å². The Kier molecular flexibility index (Phi) is 6.42. The van der Waals surface area contributed by atoms with Gasteiger partial charge in [0.15, 0.2) is 0 Å². The Labute approximate surface area is 189 Å². The van der Waals surface area contributed by atoms with Gasteiger partial charge in [0.25, 0.3) is 0 Å². The normalized spacial score (nSPS) is 21.2. The van der Waals surface area contributed by atoms with Gasteiger partial charge in [-0.15, -0.1) is 0 Å². The highest BCUT2D eigenvalue weighted by molar-refractivity contribution is 5.93. The van der Waals surface area contributed by atoms with Gasteiger partial charge >= 0.3 is 6.03 Å². The average Bonchev–Trinajstić information content (AvgIpc) is 2.75. The second-order valence-corrected chi connectivity index (χ2v) is 9.21. The smallest absolute Gasteiger partial charge is 0.319 e. The first kappa shape index (κ1) is 22.6. The molecule has 2 aromatic carbocycles. The fourth-order valence-corrected chi connectivity index (χ4v) is 5.60. The number of primary amides is 1. The van der Waals surface area contributed by atoms with E-state index in [0.717, 1.165) is 43.2 Å². The molecule has 0 aromatic heterocycles. The molecular weight excluding hydrogens is 407 g/mol. The van der Waals surface area contributed by atoms with Crippen LogP contribution >= 0.6 is 0 Å². The molecule has 2 atom stereocenters. The minimum Gasteiger partial charge on any atom is -0.487 e. The van der Waals surface area contributed by atoms with Crippen LogP contribution in [0.15, 0.2) is 36.4 Å². The van der Waals surface area contributed by atoms with Crippen molar-refractivity contribution in [2.45, 2.75) is 83.0 Å². The molecule has 2 amide bonds. The number of aryl methyl sites for hydroxylation is 1. The molecule has 1 heterocycles. The first-order valence-electron chi connectivity index (χ1n) is 11.7. The highest BCUT2D eigenvalue weighted by atomic mass is 19.1. The van der Waals surface area contributed by atoms with Gasteiger partial charge in [0.05, 0.1) is 12.1 Å². The molecule has 1 aliphatic heterocycles. The number of carbonyl (C=O) groups is 1. The quantitative estimate of drug-likeness (QED) is 0.629. The molecule has 0 bridgehead atoms. The van der Waals surface area contributed by atoms with Crippen molar-refractivity contribution in [3.05, 3.63) is 58.9 Å². The predicted octanol–water partition coefficient (Wildman–Crippen LogP) is 5.42. The third kappa shape index (κ3) is 4.20. The monoisotopic (exact) mass is 440 g/mol. The molecule has 32 heavy (non-hydrogen) atoms. The fourth-order valence-electron chi connectivity index (χ4n) is 5.60. The highest BCUT2D eigenvalue weighted by Gasteiger charge is 2.44. The van der Waals surface area contributed by atoms with Gasteiger partial charge in [0.1, 0.15) is 17.2 Å². The van der Waals surface area contributed by atoms with Gasteiger partial charge in [-0.05, 0) is 61.1 Å². The maximum absolute atomic E-state index is 14.3. The number of nitrogens with two attached hydrogens (primary N) is 1. The summed E-state index contributed by atoms with van der Waals surface area (Å²) in [5.41, 5.74) is 8.97. The summed E-state index contributed by atoms with van der Waals surface area (Å²) in [5, 5.41) is 10.3. The molecule has 0 saturated heterocycles. The molecule has 6 heteroatoms. The van der Waals surface area contributed by atoms with Crippen LogP contribution in [0.3, 0.4) is 0 Å². The minimum absolute atomic E-state index is 0.370. The lowest BCUT2D eigenvalue weighted by atomic mass is 9.80. The van der Waals surface area contributed by atoms with Gasteiger partial charge in [0.2, 0.25) is 0 Å². The van der Waals surface area contributed by atoms with Crippen molar-refractivity contribution < 1.29 is 19.0 Å².